The van der Waals surface area contributed by atoms with Crippen molar-refractivity contribution in [3.8, 4) is 5.75 Å². The van der Waals surface area contributed by atoms with Crippen molar-refractivity contribution in [3.05, 3.63) is 28.8 Å². The van der Waals surface area contributed by atoms with E-state index >= 15 is 0 Å². The standard InChI is InChI=1S/C18H26ClNO4/c1-5-10-18(3,17(22)23-4)20-16(21)7-6-11-24-14-8-9-15(19)13(2)12-14/h8-9,12H,5-7,10-11H2,1-4H3,(H,20,21). The zero-order valence-electron chi connectivity index (χ0n) is 14.8. The highest BCUT2D eigenvalue weighted by atomic mass is 35.5. The summed E-state index contributed by atoms with van der Waals surface area (Å²) >= 11 is 5.96. The van der Waals surface area contributed by atoms with E-state index in [0.29, 0.717) is 24.5 Å². The predicted octanol–water partition coefficient (Wildman–Crippen LogP) is 3.66. The average Bonchev–Trinajstić information content (AvgIpc) is 2.54. The van der Waals surface area contributed by atoms with E-state index in [4.69, 9.17) is 21.1 Å². The first kappa shape index (κ1) is 20.3. The number of carbonyl (C=O) groups excluding carboxylic acids is 2. The van der Waals surface area contributed by atoms with Crippen molar-refractivity contribution in [2.24, 2.45) is 0 Å². The Hall–Kier alpha value is -1.75. The van der Waals surface area contributed by atoms with Crippen molar-refractivity contribution >= 4 is 23.5 Å². The monoisotopic (exact) mass is 355 g/mol. The highest BCUT2D eigenvalue weighted by Crippen LogP contribution is 2.21. The van der Waals surface area contributed by atoms with Crippen LogP contribution in [0.15, 0.2) is 18.2 Å². The predicted molar refractivity (Wildman–Crippen MR) is 94.4 cm³/mol. The normalized spacial score (nSPS) is 13.0. The van der Waals surface area contributed by atoms with Gasteiger partial charge in [-0.05, 0) is 50.5 Å². The fourth-order valence-electron chi connectivity index (χ4n) is 2.44. The van der Waals surface area contributed by atoms with Gasteiger partial charge in [-0.3, -0.25) is 4.79 Å². The largest absolute Gasteiger partial charge is 0.494 e. The second-order valence-corrected chi connectivity index (χ2v) is 6.39. The summed E-state index contributed by atoms with van der Waals surface area (Å²) in [6, 6.07) is 5.44. The minimum Gasteiger partial charge on any atom is -0.494 e. The smallest absolute Gasteiger partial charge is 0.331 e. The second kappa shape index (κ2) is 9.52. The molecule has 1 amide bonds. The number of amides is 1. The Kier molecular flexibility index (Phi) is 8.05. The molecule has 0 aliphatic rings. The number of nitrogens with one attached hydrogen (secondary N) is 1. The van der Waals surface area contributed by atoms with Gasteiger partial charge < -0.3 is 14.8 Å². The maximum absolute atomic E-state index is 12.1. The van der Waals surface area contributed by atoms with Gasteiger partial charge in [0.15, 0.2) is 0 Å². The molecule has 0 heterocycles. The number of methoxy groups -OCH3 is 1. The van der Waals surface area contributed by atoms with Gasteiger partial charge in [-0.25, -0.2) is 4.79 Å². The van der Waals surface area contributed by atoms with Crippen molar-refractivity contribution in [1.29, 1.82) is 0 Å². The van der Waals surface area contributed by atoms with Crippen molar-refractivity contribution < 1.29 is 19.1 Å². The Labute approximate surface area is 148 Å². The van der Waals surface area contributed by atoms with Gasteiger partial charge in [-0.15, -0.1) is 0 Å². The van der Waals surface area contributed by atoms with Crippen LogP contribution < -0.4 is 10.1 Å². The molecule has 1 N–H and O–H groups in total. The molecule has 1 rings (SSSR count). The minimum atomic E-state index is -0.977. The molecule has 0 aromatic heterocycles. The lowest BCUT2D eigenvalue weighted by Crippen LogP contribution is -2.52. The number of aryl methyl sites for hydroxylation is 1. The van der Waals surface area contributed by atoms with Gasteiger partial charge in [0.1, 0.15) is 11.3 Å². The Morgan fingerprint density at radius 3 is 2.62 bits per heavy atom. The van der Waals surface area contributed by atoms with Crippen molar-refractivity contribution in [2.75, 3.05) is 13.7 Å². The van der Waals surface area contributed by atoms with Gasteiger partial charge in [0, 0.05) is 11.4 Å². The summed E-state index contributed by atoms with van der Waals surface area (Å²) in [5, 5.41) is 3.47. The number of carbonyl (C=O) groups is 2. The number of halogens is 1. The molecule has 1 aromatic rings. The summed E-state index contributed by atoms with van der Waals surface area (Å²) in [6.45, 7) is 5.96. The lowest BCUT2D eigenvalue weighted by atomic mass is 9.96. The second-order valence-electron chi connectivity index (χ2n) is 5.98. The number of rotatable bonds is 9. The molecule has 1 atom stereocenters. The van der Waals surface area contributed by atoms with E-state index < -0.39 is 11.5 Å². The summed E-state index contributed by atoms with van der Waals surface area (Å²) < 4.78 is 10.4. The van der Waals surface area contributed by atoms with E-state index in [0.717, 1.165) is 17.7 Å². The first-order valence-electron chi connectivity index (χ1n) is 8.10. The number of hydrogen-bond donors (Lipinski definition) is 1. The molecule has 134 valence electrons. The van der Waals surface area contributed by atoms with Crippen LogP contribution in [0.2, 0.25) is 5.02 Å². The van der Waals surface area contributed by atoms with Gasteiger partial charge in [0.2, 0.25) is 5.91 Å². The third kappa shape index (κ3) is 6.04. The van der Waals surface area contributed by atoms with Gasteiger partial charge in [0.25, 0.3) is 0 Å². The van der Waals surface area contributed by atoms with Crippen LogP contribution in [0.5, 0.6) is 5.75 Å². The Bertz CT molecular complexity index is 576. The van der Waals surface area contributed by atoms with Crippen molar-refractivity contribution in [1.82, 2.24) is 5.32 Å². The molecule has 6 heteroatoms. The molecule has 1 unspecified atom stereocenters. The first-order chi connectivity index (χ1) is 11.3. The molecule has 0 saturated heterocycles. The number of hydrogen-bond acceptors (Lipinski definition) is 4. The molecule has 0 fully saturated rings. The van der Waals surface area contributed by atoms with Crippen LogP contribution >= 0.6 is 11.6 Å². The Balaban J connectivity index is 2.42. The third-order valence-corrected chi connectivity index (χ3v) is 4.17. The lowest BCUT2D eigenvalue weighted by molar-refractivity contribution is -0.150. The van der Waals surface area contributed by atoms with E-state index in [-0.39, 0.29) is 12.3 Å². The minimum absolute atomic E-state index is 0.188. The zero-order chi connectivity index (χ0) is 18.2. The highest BCUT2D eigenvalue weighted by Gasteiger charge is 2.34. The molecule has 0 aliphatic heterocycles. The summed E-state index contributed by atoms with van der Waals surface area (Å²) in [6.07, 6.45) is 2.14. The van der Waals surface area contributed by atoms with Gasteiger partial charge >= 0.3 is 5.97 Å². The van der Waals surface area contributed by atoms with Crippen LogP contribution in [0.25, 0.3) is 0 Å². The van der Waals surface area contributed by atoms with E-state index in [1.165, 1.54) is 7.11 Å². The summed E-state index contributed by atoms with van der Waals surface area (Å²) in [5.41, 5.74) is -0.0327. The average molecular weight is 356 g/mol. The molecule has 0 spiro atoms. The van der Waals surface area contributed by atoms with Crippen molar-refractivity contribution in [3.63, 3.8) is 0 Å². The molecule has 5 nitrogen and oxygen atoms in total. The molecule has 0 saturated carbocycles. The van der Waals surface area contributed by atoms with Gasteiger partial charge in [0.05, 0.1) is 13.7 Å². The quantitative estimate of drug-likeness (QED) is 0.542. The van der Waals surface area contributed by atoms with Crippen molar-refractivity contribution in [2.45, 2.75) is 52.0 Å². The molecular weight excluding hydrogens is 330 g/mol. The van der Waals surface area contributed by atoms with Gasteiger partial charge in [-0.1, -0.05) is 24.9 Å². The summed E-state index contributed by atoms with van der Waals surface area (Å²) in [7, 11) is 1.32. The van der Waals surface area contributed by atoms with E-state index in [2.05, 4.69) is 5.32 Å². The molecule has 0 bridgehead atoms. The SMILES string of the molecule is CCCC(C)(NC(=O)CCCOc1ccc(Cl)c(C)c1)C(=O)OC. The van der Waals surface area contributed by atoms with E-state index in [1.54, 1.807) is 19.1 Å². The molecule has 24 heavy (non-hydrogen) atoms. The maximum atomic E-state index is 12.1. The third-order valence-electron chi connectivity index (χ3n) is 3.75. The highest BCUT2D eigenvalue weighted by molar-refractivity contribution is 6.31. The van der Waals surface area contributed by atoms with Crippen LogP contribution in [0.4, 0.5) is 0 Å². The molecular formula is C18H26ClNO4. The summed E-state index contributed by atoms with van der Waals surface area (Å²) in [4.78, 5) is 23.9. The number of esters is 1. The molecule has 0 aliphatic carbocycles. The lowest BCUT2D eigenvalue weighted by Gasteiger charge is -2.27. The van der Waals surface area contributed by atoms with Crippen LogP contribution in [0, 0.1) is 6.92 Å². The first-order valence-corrected chi connectivity index (χ1v) is 8.48. The topological polar surface area (TPSA) is 64.6 Å². The number of ether oxygens (including phenoxy) is 2. The fourth-order valence-corrected chi connectivity index (χ4v) is 2.56. The van der Waals surface area contributed by atoms with Gasteiger partial charge in [-0.2, -0.15) is 0 Å². The number of benzene rings is 1. The molecule has 0 radical (unpaired) electrons. The van der Waals surface area contributed by atoms with E-state index in [9.17, 15) is 9.59 Å². The van der Waals surface area contributed by atoms with Crippen LogP contribution in [-0.2, 0) is 14.3 Å². The zero-order valence-corrected chi connectivity index (χ0v) is 15.5. The Morgan fingerprint density at radius 1 is 1.33 bits per heavy atom. The maximum Gasteiger partial charge on any atom is 0.331 e. The fraction of sp³-hybridized carbons (Fsp3) is 0.556. The summed E-state index contributed by atoms with van der Waals surface area (Å²) in [5.74, 6) is 0.112. The van der Waals surface area contributed by atoms with Crippen LogP contribution in [0.3, 0.4) is 0 Å². The molecule has 1 aromatic carbocycles. The van der Waals surface area contributed by atoms with Crippen LogP contribution in [-0.4, -0.2) is 31.1 Å². The Morgan fingerprint density at radius 2 is 2.04 bits per heavy atom. The van der Waals surface area contributed by atoms with Crippen LogP contribution in [0.1, 0.15) is 45.1 Å². The van der Waals surface area contributed by atoms with E-state index in [1.807, 2.05) is 19.9 Å².